The van der Waals surface area contributed by atoms with Crippen molar-refractivity contribution >= 4 is 27.8 Å². The highest BCUT2D eigenvalue weighted by Gasteiger charge is 2.22. The van der Waals surface area contributed by atoms with Gasteiger partial charge in [0.1, 0.15) is 0 Å². The lowest BCUT2D eigenvalue weighted by atomic mass is 10.1. The number of ether oxygens (including phenoxy) is 2. The molecule has 2 aromatic carbocycles. The smallest absolute Gasteiger partial charge is 0.343 e. The van der Waals surface area contributed by atoms with Gasteiger partial charge in [0.2, 0.25) is 0 Å². The highest BCUT2D eigenvalue weighted by molar-refractivity contribution is 9.10. The van der Waals surface area contributed by atoms with Gasteiger partial charge in [-0.15, -0.1) is 0 Å². The monoisotopic (exact) mass is 532 g/mol. The number of hydrogen-bond donors (Lipinski definition) is 2. The molecule has 5 rings (SSSR count). The summed E-state index contributed by atoms with van der Waals surface area (Å²) in [5.74, 6) is 0.555. The number of benzene rings is 2. The molecule has 35 heavy (non-hydrogen) atoms. The quantitative estimate of drug-likeness (QED) is 0.272. The summed E-state index contributed by atoms with van der Waals surface area (Å²) in [6, 6.07) is 15.9. The summed E-state index contributed by atoms with van der Waals surface area (Å²) >= 11 is 3.51. The number of halogens is 1. The average Bonchev–Trinajstić information content (AvgIpc) is 3.32. The van der Waals surface area contributed by atoms with Crippen LogP contribution < -0.4 is 14.8 Å². The van der Waals surface area contributed by atoms with Crippen molar-refractivity contribution in [1.82, 2.24) is 20.3 Å². The first-order valence-electron chi connectivity index (χ1n) is 11.1. The van der Waals surface area contributed by atoms with Crippen LogP contribution in [0.5, 0.6) is 11.5 Å². The first kappa shape index (κ1) is 22.8. The van der Waals surface area contributed by atoms with Crippen LogP contribution in [0.25, 0.3) is 22.8 Å². The molecule has 0 atom stereocenters. The van der Waals surface area contributed by atoms with Crippen LogP contribution in [-0.4, -0.2) is 40.0 Å². The number of rotatable bonds is 6. The number of nitrogens with zero attached hydrogens (tertiary/aromatic N) is 2. The topological polar surface area (TPSA) is 106 Å². The van der Waals surface area contributed by atoms with E-state index in [2.05, 4.69) is 31.2 Å². The third-order valence-electron chi connectivity index (χ3n) is 5.51. The van der Waals surface area contributed by atoms with Gasteiger partial charge in [0.25, 0.3) is 5.91 Å². The van der Waals surface area contributed by atoms with E-state index in [1.165, 1.54) is 0 Å². The molecule has 2 N–H and O–H groups in total. The molecule has 1 aliphatic heterocycles. The number of aromatic nitrogens is 3. The number of H-pyrrole nitrogens is 1. The third-order valence-corrected chi connectivity index (χ3v) is 6.10. The molecule has 0 saturated heterocycles. The Kier molecular flexibility index (Phi) is 6.33. The van der Waals surface area contributed by atoms with Gasteiger partial charge in [-0.3, -0.25) is 4.79 Å². The fourth-order valence-corrected chi connectivity index (χ4v) is 4.39. The molecule has 0 radical (unpaired) electrons. The summed E-state index contributed by atoms with van der Waals surface area (Å²) in [5.41, 5.74) is 4.05. The first-order valence-corrected chi connectivity index (χ1v) is 11.9. The standard InChI is InChI=1S/C26H21BrN4O4/c1-2-34-22-13-16(12-18(27)23(22)35-26(33)15-6-4-3-5-7-15)24-28-10-9-20(31-24)21-14-17-19(30-21)8-11-29-25(17)32/h3-7,9-10,12-14,30H,2,8,11H2,1H3,(H,29,32). The van der Waals surface area contributed by atoms with E-state index < -0.39 is 5.97 Å². The molecule has 0 bridgehead atoms. The molecular formula is C26H21BrN4O4. The Morgan fingerprint density at radius 2 is 1.97 bits per heavy atom. The van der Waals surface area contributed by atoms with E-state index in [4.69, 9.17) is 14.5 Å². The highest BCUT2D eigenvalue weighted by Crippen LogP contribution is 2.40. The summed E-state index contributed by atoms with van der Waals surface area (Å²) in [6.45, 7) is 2.84. The predicted octanol–water partition coefficient (Wildman–Crippen LogP) is 4.81. The van der Waals surface area contributed by atoms with Crippen molar-refractivity contribution in [2.45, 2.75) is 13.3 Å². The minimum atomic E-state index is -0.488. The van der Waals surface area contributed by atoms with Crippen LogP contribution in [0.3, 0.4) is 0 Å². The Bertz CT molecular complexity index is 1420. The number of hydrogen-bond acceptors (Lipinski definition) is 6. The molecule has 8 nitrogen and oxygen atoms in total. The van der Waals surface area contributed by atoms with Gasteiger partial charge >= 0.3 is 5.97 Å². The van der Waals surface area contributed by atoms with E-state index in [9.17, 15) is 9.59 Å². The Morgan fingerprint density at radius 1 is 1.14 bits per heavy atom. The Balaban J connectivity index is 1.49. The summed E-state index contributed by atoms with van der Waals surface area (Å²) in [6.07, 6.45) is 2.40. The molecule has 2 aromatic heterocycles. The van der Waals surface area contributed by atoms with Gasteiger partial charge in [-0.05, 0) is 59.3 Å². The number of amides is 1. The molecular weight excluding hydrogens is 512 g/mol. The Labute approximate surface area is 209 Å². The normalized spacial score (nSPS) is 12.6. The Hall–Kier alpha value is -3.98. The van der Waals surface area contributed by atoms with E-state index >= 15 is 0 Å². The van der Waals surface area contributed by atoms with Gasteiger partial charge in [0, 0.05) is 30.4 Å². The lowest BCUT2D eigenvalue weighted by molar-refractivity contribution is 0.0726. The zero-order valence-corrected chi connectivity index (χ0v) is 20.4. The number of nitrogens with one attached hydrogen (secondary N) is 2. The summed E-state index contributed by atoms with van der Waals surface area (Å²) in [5, 5.41) is 2.85. The molecule has 0 unspecified atom stereocenters. The highest BCUT2D eigenvalue weighted by atomic mass is 79.9. The summed E-state index contributed by atoms with van der Waals surface area (Å²) in [4.78, 5) is 37.2. The van der Waals surface area contributed by atoms with Crippen molar-refractivity contribution in [3.8, 4) is 34.3 Å². The van der Waals surface area contributed by atoms with Crippen LogP contribution in [-0.2, 0) is 6.42 Å². The first-order chi connectivity index (χ1) is 17.0. The fourth-order valence-electron chi connectivity index (χ4n) is 3.86. The fraction of sp³-hybridized carbons (Fsp3) is 0.154. The maximum Gasteiger partial charge on any atom is 0.343 e. The number of aromatic amines is 1. The van der Waals surface area contributed by atoms with Crippen molar-refractivity contribution < 1.29 is 19.1 Å². The second-order valence-corrected chi connectivity index (χ2v) is 8.67. The van der Waals surface area contributed by atoms with Gasteiger partial charge in [-0.2, -0.15) is 0 Å². The van der Waals surface area contributed by atoms with Crippen molar-refractivity contribution in [3.05, 3.63) is 82.1 Å². The predicted molar refractivity (Wildman–Crippen MR) is 134 cm³/mol. The van der Waals surface area contributed by atoms with Crippen molar-refractivity contribution in [2.75, 3.05) is 13.2 Å². The lowest BCUT2D eigenvalue weighted by Crippen LogP contribution is -2.31. The van der Waals surface area contributed by atoms with E-state index in [0.717, 1.165) is 17.8 Å². The van der Waals surface area contributed by atoms with Gasteiger partial charge in [0.05, 0.1) is 33.6 Å². The summed E-state index contributed by atoms with van der Waals surface area (Å²) in [7, 11) is 0. The van der Waals surface area contributed by atoms with Crippen LogP contribution in [0.1, 0.15) is 33.3 Å². The number of fused-ring (bicyclic) bond motifs is 1. The molecule has 9 heteroatoms. The van der Waals surface area contributed by atoms with Crippen LogP contribution in [0.15, 0.2) is 65.3 Å². The van der Waals surface area contributed by atoms with Gasteiger partial charge in [0.15, 0.2) is 17.3 Å². The Morgan fingerprint density at radius 3 is 2.74 bits per heavy atom. The zero-order valence-electron chi connectivity index (χ0n) is 18.8. The van der Waals surface area contributed by atoms with Crippen LogP contribution in [0, 0.1) is 0 Å². The largest absolute Gasteiger partial charge is 0.490 e. The number of carbonyl (C=O) groups is 2. The van der Waals surface area contributed by atoms with Gasteiger partial charge in [-0.1, -0.05) is 18.2 Å². The van der Waals surface area contributed by atoms with Gasteiger partial charge < -0.3 is 19.8 Å². The second-order valence-electron chi connectivity index (χ2n) is 7.82. The van der Waals surface area contributed by atoms with E-state index in [-0.39, 0.29) is 11.7 Å². The van der Waals surface area contributed by atoms with E-state index in [1.807, 2.05) is 19.1 Å². The minimum absolute atomic E-state index is 0.0889. The van der Waals surface area contributed by atoms with Crippen molar-refractivity contribution in [2.24, 2.45) is 0 Å². The van der Waals surface area contributed by atoms with Crippen LogP contribution >= 0.6 is 15.9 Å². The van der Waals surface area contributed by atoms with E-state index in [1.54, 1.807) is 48.7 Å². The molecule has 0 saturated carbocycles. The van der Waals surface area contributed by atoms with E-state index in [0.29, 0.717) is 51.6 Å². The number of carbonyl (C=O) groups excluding carboxylic acids is 2. The molecule has 4 aromatic rings. The molecule has 176 valence electrons. The number of esters is 1. The van der Waals surface area contributed by atoms with Gasteiger partial charge in [-0.25, -0.2) is 14.8 Å². The van der Waals surface area contributed by atoms with Crippen LogP contribution in [0.2, 0.25) is 0 Å². The lowest BCUT2D eigenvalue weighted by Gasteiger charge is -2.14. The van der Waals surface area contributed by atoms with Crippen LogP contribution in [0.4, 0.5) is 0 Å². The molecule has 0 aliphatic carbocycles. The third kappa shape index (κ3) is 4.67. The maximum absolute atomic E-state index is 12.6. The molecule has 3 heterocycles. The zero-order chi connectivity index (χ0) is 24.4. The molecule has 1 aliphatic rings. The average molecular weight is 533 g/mol. The SMILES string of the molecule is CCOc1cc(-c2nccc(-c3cc4c([nH]3)CCNC4=O)n2)cc(Br)c1OC(=O)c1ccccc1. The van der Waals surface area contributed by atoms with Crippen molar-refractivity contribution in [1.29, 1.82) is 0 Å². The second kappa shape index (κ2) is 9.71. The molecule has 1 amide bonds. The minimum Gasteiger partial charge on any atom is -0.490 e. The summed E-state index contributed by atoms with van der Waals surface area (Å²) < 4.78 is 12.0. The van der Waals surface area contributed by atoms with Crippen molar-refractivity contribution in [3.63, 3.8) is 0 Å². The molecule has 0 fully saturated rings. The maximum atomic E-state index is 12.6. The molecule has 0 spiro atoms.